The fourth-order valence-electron chi connectivity index (χ4n) is 3.82. The lowest BCUT2D eigenvalue weighted by Crippen LogP contribution is -2.42. The number of rotatable bonds is 8. The van der Waals surface area contributed by atoms with Crippen LogP contribution in [0.2, 0.25) is 0 Å². The van der Waals surface area contributed by atoms with Gasteiger partial charge in [0, 0.05) is 38.1 Å². The maximum Gasteiger partial charge on any atom is 0.409 e. The number of amides is 3. The summed E-state index contributed by atoms with van der Waals surface area (Å²) in [5, 5.41) is 14.5. The summed E-state index contributed by atoms with van der Waals surface area (Å²) in [6.07, 6.45) is 2.14. The third kappa shape index (κ3) is 6.27. The van der Waals surface area contributed by atoms with Crippen LogP contribution in [-0.4, -0.2) is 64.5 Å². The van der Waals surface area contributed by atoms with Gasteiger partial charge in [0.1, 0.15) is 0 Å². The van der Waals surface area contributed by atoms with Crippen molar-refractivity contribution in [3.8, 4) is 0 Å². The molecule has 1 atom stereocenters. The van der Waals surface area contributed by atoms with Crippen molar-refractivity contribution in [3.05, 3.63) is 40.4 Å². The van der Waals surface area contributed by atoms with Crippen molar-refractivity contribution in [1.82, 2.24) is 14.8 Å². The molecule has 172 valence electrons. The summed E-state index contributed by atoms with van der Waals surface area (Å²) in [5.74, 6) is -0.0501. The highest BCUT2D eigenvalue weighted by Crippen LogP contribution is 2.29. The molecular weight excluding hydrogens is 430 g/mol. The van der Waals surface area contributed by atoms with Crippen molar-refractivity contribution in [2.24, 2.45) is 0 Å². The molecule has 1 aliphatic heterocycles. The van der Waals surface area contributed by atoms with E-state index in [1.807, 2.05) is 12.1 Å². The third-order valence-corrected chi connectivity index (χ3v) is 6.35. The molecule has 0 bridgehead atoms. The Balaban J connectivity index is 1.73. The number of aromatic nitrogens is 1. The lowest BCUT2D eigenvalue weighted by Gasteiger charge is -2.25. The Morgan fingerprint density at radius 1 is 1.19 bits per heavy atom. The number of nitrogens with one attached hydrogen (secondary N) is 2. The van der Waals surface area contributed by atoms with Gasteiger partial charge >= 0.3 is 6.09 Å². The highest BCUT2D eigenvalue weighted by atomic mass is 32.1. The molecule has 0 radical (unpaired) electrons. The van der Waals surface area contributed by atoms with E-state index < -0.39 is 6.09 Å². The quantitative estimate of drug-likeness (QED) is 0.559. The van der Waals surface area contributed by atoms with Gasteiger partial charge in [-0.1, -0.05) is 12.1 Å². The SMILES string of the molecule is CC(=O)Nc1nc(CCc2ccc(NC(=O)O)cc2)c(CN2CCC[C@H]2C(=O)N(C)C)s1. The predicted octanol–water partition coefficient (Wildman–Crippen LogP) is 3.03. The minimum absolute atomic E-state index is 0.116. The molecule has 9 nitrogen and oxygen atoms in total. The normalized spacial score (nSPS) is 16.0. The minimum atomic E-state index is -1.09. The number of anilines is 2. The van der Waals surface area contributed by atoms with Crippen molar-refractivity contribution in [1.29, 1.82) is 0 Å². The van der Waals surface area contributed by atoms with E-state index in [1.165, 1.54) is 18.3 Å². The van der Waals surface area contributed by atoms with Crippen LogP contribution in [0, 0.1) is 0 Å². The Morgan fingerprint density at radius 3 is 2.53 bits per heavy atom. The van der Waals surface area contributed by atoms with E-state index in [2.05, 4.69) is 20.5 Å². The van der Waals surface area contributed by atoms with Crippen LogP contribution in [0.25, 0.3) is 0 Å². The van der Waals surface area contributed by atoms with Crippen molar-refractivity contribution in [3.63, 3.8) is 0 Å². The Morgan fingerprint density at radius 2 is 1.91 bits per heavy atom. The second-order valence-corrected chi connectivity index (χ2v) is 9.14. The summed E-state index contributed by atoms with van der Waals surface area (Å²) in [6, 6.07) is 7.11. The van der Waals surface area contributed by atoms with Gasteiger partial charge in [0.15, 0.2) is 5.13 Å². The van der Waals surface area contributed by atoms with Crippen LogP contribution in [0.15, 0.2) is 24.3 Å². The smallest absolute Gasteiger partial charge is 0.409 e. The first kappa shape index (κ1) is 23.7. The molecule has 1 aromatic carbocycles. The second kappa shape index (κ2) is 10.6. The van der Waals surface area contributed by atoms with Gasteiger partial charge in [-0.3, -0.25) is 19.8 Å². The van der Waals surface area contributed by atoms with Gasteiger partial charge in [-0.15, -0.1) is 11.3 Å². The summed E-state index contributed by atoms with van der Waals surface area (Å²) in [4.78, 5) is 44.4. The molecule has 1 saturated heterocycles. The zero-order valence-corrected chi connectivity index (χ0v) is 19.4. The van der Waals surface area contributed by atoms with Crippen LogP contribution in [0.5, 0.6) is 0 Å². The number of carboxylic acid groups (broad SMARTS) is 1. The second-order valence-electron chi connectivity index (χ2n) is 8.06. The molecule has 1 aliphatic rings. The van der Waals surface area contributed by atoms with Crippen molar-refractivity contribution in [2.75, 3.05) is 31.3 Å². The fourth-order valence-corrected chi connectivity index (χ4v) is 4.90. The van der Waals surface area contributed by atoms with E-state index in [-0.39, 0.29) is 17.9 Å². The van der Waals surface area contributed by atoms with E-state index >= 15 is 0 Å². The van der Waals surface area contributed by atoms with Crippen molar-refractivity contribution in [2.45, 2.75) is 45.2 Å². The van der Waals surface area contributed by atoms with Gasteiger partial charge < -0.3 is 15.3 Å². The van der Waals surface area contributed by atoms with E-state index in [9.17, 15) is 14.4 Å². The molecule has 0 unspecified atom stereocenters. The Labute approximate surface area is 191 Å². The first-order valence-electron chi connectivity index (χ1n) is 10.5. The number of nitrogens with zero attached hydrogens (tertiary/aromatic N) is 3. The fraction of sp³-hybridized carbons (Fsp3) is 0.455. The first-order chi connectivity index (χ1) is 15.2. The number of thiazole rings is 1. The van der Waals surface area contributed by atoms with E-state index in [1.54, 1.807) is 31.1 Å². The molecule has 2 heterocycles. The van der Waals surface area contributed by atoms with Crippen LogP contribution < -0.4 is 10.6 Å². The van der Waals surface area contributed by atoms with Crippen LogP contribution >= 0.6 is 11.3 Å². The summed E-state index contributed by atoms with van der Waals surface area (Å²) < 4.78 is 0. The van der Waals surface area contributed by atoms with Crippen LogP contribution in [0.1, 0.15) is 35.9 Å². The average Bonchev–Trinajstić information content (AvgIpc) is 3.33. The van der Waals surface area contributed by atoms with Gasteiger partial charge in [0.05, 0.1) is 11.7 Å². The maximum atomic E-state index is 12.6. The standard InChI is InChI=1S/C22H29N5O4S/c1-14(28)23-21-25-17(11-8-15-6-9-16(10-7-15)24-22(30)31)19(32-21)13-27-12-4-5-18(27)20(29)26(2)3/h6-7,9-10,18,24H,4-5,8,11-13H2,1-3H3,(H,30,31)(H,23,25,28)/t18-/m0/s1. The molecule has 0 aliphatic carbocycles. The van der Waals surface area contributed by atoms with Gasteiger partial charge in [0.2, 0.25) is 11.8 Å². The van der Waals surface area contributed by atoms with Crippen LogP contribution in [0.4, 0.5) is 15.6 Å². The molecule has 1 aromatic heterocycles. The molecule has 3 N–H and O–H groups in total. The average molecular weight is 460 g/mol. The Bertz CT molecular complexity index is 973. The molecule has 10 heteroatoms. The van der Waals surface area contributed by atoms with Crippen molar-refractivity contribution < 1.29 is 19.5 Å². The van der Waals surface area contributed by atoms with Gasteiger partial charge in [-0.2, -0.15) is 0 Å². The molecule has 3 rings (SSSR count). The zero-order chi connectivity index (χ0) is 23.3. The van der Waals surface area contributed by atoms with E-state index in [0.29, 0.717) is 23.8 Å². The maximum absolute atomic E-state index is 12.6. The summed E-state index contributed by atoms with van der Waals surface area (Å²) in [6.45, 7) is 2.94. The number of likely N-dealkylation sites (N-methyl/N-ethyl adjacent to an activating group) is 1. The zero-order valence-electron chi connectivity index (χ0n) is 18.6. The molecule has 32 heavy (non-hydrogen) atoms. The number of likely N-dealkylation sites (tertiary alicyclic amines) is 1. The van der Waals surface area contributed by atoms with Gasteiger partial charge in [0.25, 0.3) is 0 Å². The number of aryl methyl sites for hydroxylation is 2. The molecule has 0 saturated carbocycles. The highest BCUT2D eigenvalue weighted by Gasteiger charge is 2.32. The van der Waals surface area contributed by atoms with Crippen LogP contribution in [-0.2, 0) is 29.0 Å². The Kier molecular flexibility index (Phi) is 7.81. The lowest BCUT2D eigenvalue weighted by molar-refractivity contribution is -0.133. The van der Waals surface area contributed by atoms with Gasteiger partial charge in [-0.25, -0.2) is 9.78 Å². The first-order valence-corrected chi connectivity index (χ1v) is 11.3. The summed E-state index contributed by atoms with van der Waals surface area (Å²) in [7, 11) is 3.56. The predicted molar refractivity (Wildman–Crippen MR) is 124 cm³/mol. The molecule has 1 fully saturated rings. The lowest BCUT2D eigenvalue weighted by atomic mass is 10.1. The van der Waals surface area contributed by atoms with E-state index in [4.69, 9.17) is 5.11 Å². The summed E-state index contributed by atoms with van der Waals surface area (Å²) in [5.41, 5.74) is 2.49. The topological polar surface area (TPSA) is 115 Å². The van der Waals surface area contributed by atoms with Crippen LogP contribution in [0.3, 0.4) is 0 Å². The number of benzene rings is 1. The van der Waals surface area contributed by atoms with Crippen molar-refractivity contribution >= 4 is 40.1 Å². The Hall–Kier alpha value is -2.98. The van der Waals surface area contributed by atoms with E-state index in [0.717, 1.165) is 41.9 Å². The number of carbonyl (C=O) groups excluding carboxylic acids is 2. The number of hydrogen-bond donors (Lipinski definition) is 3. The summed E-state index contributed by atoms with van der Waals surface area (Å²) >= 11 is 1.46. The molecule has 3 amide bonds. The highest BCUT2D eigenvalue weighted by molar-refractivity contribution is 7.15. The monoisotopic (exact) mass is 459 g/mol. The third-order valence-electron chi connectivity index (χ3n) is 5.35. The minimum Gasteiger partial charge on any atom is -0.465 e. The van der Waals surface area contributed by atoms with Gasteiger partial charge in [-0.05, 0) is 49.9 Å². The largest absolute Gasteiger partial charge is 0.465 e. The molecule has 2 aromatic rings. The number of carbonyl (C=O) groups is 3. The number of hydrogen-bond acceptors (Lipinski definition) is 6. The molecule has 0 spiro atoms. The molecular formula is C22H29N5O4S.